The fourth-order valence-electron chi connectivity index (χ4n) is 3.43. The Labute approximate surface area is 117 Å². The molecule has 0 spiro atoms. The molecule has 0 aromatic heterocycles. The van der Waals surface area contributed by atoms with Gasteiger partial charge in [0, 0.05) is 19.0 Å². The van der Waals surface area contributed by atoms with E-state index in [0.29, 0.717) is 38.4 Å². The van der Waals surface area contributed by atoms with Crippen molar-refractivity contribution in [2.24, 2.45) is 23.5 Å². The number of hydrogen-bond acceptors (Lipinski definition) is 2. The summed E-state index contributed by atoms with van der Waals surface area (Å²) < 4.78 is 38.4. The fraction of sp³-hybridized carbons (Fsp3) is 0.929. The molecule has 0 aromatic rings. The summed E-state index contributed by atoms with van der Waals surface area (Å²) in [6.07, 6.45) is -1.03. The van der Waals surface area contributed by atoms with Crippen molar-refractivity contribution in [2.45, 2.75) is 44.7 Å². The first-order valence-electron chi connectivity index (χ1n) is 7.47. The largest absolute Gasteiger partial charge is 0.391 e. The van der Waals surface area contributed by atoms with E-state index in [1.165, 1.54) is 0 Å². The maximum Gasteiger partial charge on any atom is 0.391 e. The van der Waals surface area contributed by atoms with Crippen LogP contribution in [0.4, 0.5) is 13.2 Å². The Morgan fingerprint density at radius 3 is 2.60 bits per heavy atom. The van der Waals surface area contributed by atoms with Crippen LogP contribution in [-0.4, -0.2) is 36.6 Å². The van der Waals surface area contributed by atoms with Crippen molar-refractivity contribution in [3.8, 4) is 0 Å². The van der Waals surface area contributed by atoms with Crippen molar-refractivity contribution < 1.29 is 18.0 Å². The Balaban J connectivity index is 1.94. The number of halogens is 3. The predicted octanol–water partition coefficient (Wildman–Crippen LogP) is 2.55. The average Bonchev–Trinajstić information content (AvgIpc) is 2.46. The van der Waals surface area contributed by atoms with E-state index < -0.39 is 18.0 Å². The van der Waals surface area contributed by atoms with Crippen molar-refractivity contribution in [1.82, 2.24) is 4.90 Å². The lowest BCUT2D eigenvalue weighted by Crippen LogP contribution is -2.46. The van der Waals surface area contributed by atoms with Crippen LogP contribution in [-0.2, 0) is 4.79 Å². The van der Waals surface area contributed by atoms with E-state index in [-0.39, 0.29) is 18.7 Å². The molecule has 1 aliphatic carbocycles. The standard InChI is InChI=1S/C14H23F3N2O/c15-14(16,17)12-5-1-4-11(7-12)13(20)19-6-2-3-10(8-18)9-19/h10-12H,1-9,18H2. The minimum absolute atomic E-state index is 0.0356. The Hall–Kier alpha value is -0.780. The van der Waals surface area contributed by atoms with Gasteiger partial charge in [0.15, 0.2) is 0 Å². The van der Waals surface area contributed by atoms with Gasteiger partial charge in [-0.15, -0.1) is 0 Å². The molecule has 1 saturated heterocycles. The summed E-state index contributed by atoms with van der Waals surface area (Å²) in [4.78, 5) is 14.1. The normalized spacial score (nSPS) is 32.2. The number of nitrogens with two attached hydrogens (primary N) is 1. The van der Waals surface area contributed by atoms with Gasteiger partial charge in [0.05, 0.1) is 5.92 Å². The maximum atomic E-state index is 12.8. The number of amides is 1. The highest BCUT2D eigenvalue weighted by molar-refractivity contribution is 5.79. The lowest BCUT2D eigenvalue weighted by Gasteiger charge is -2.37. The van der Waals surface area contributed by atoms with Gasteiger partial charge in [-0.05, 0) is 44.6 Å². The molecule has 1 heterocycles. The van der Waals surface area contributed by atoms with Crippen LogP contribution in [0.5, 0.6) is 0 Å². The van der Waals surface area contributed by atoms with Gasteiger partial charge in [-0.3, -0.25) is 4.79 Å². The molecule has 2 rings (SSSR count). The third-order valence-corrected chi connectivity index (χ3v) is 4.65. The van der Waals surface area contributed by atoms with Crippen molar-refractivity contribution in [3.05, 3.63) is 0 Å². The minimum atomic E-state index is -4.17. The van der Waals surface area contributed by atoms with E-state index in [9.17, 15) is 18.0 Å². The molecule has 2 N–H and O–H groups in total. The molecule has 3 unspecified atom stereocenters. The fourth-order valence-corrected chi connectivity index (χ4v) is 3.43. The molecule has 3 nitrogen and oxygen atoms in total. The lowest BCUT2D eigenvalue weighted by atomic mass is 9.80. The number of hydrogen-bond donors (Lipinski definition) is 1. The van der Waals surface area contributed by atoms with Gasteiger partial charge in [0.25, 0.3) is 0 Å². The summed E-state index contributed by atoms with van der Waals surface area (Å²) in [5.41, 5.74) is 5.64. The van der Waals surface area contributed by atoms with Gasteiger partial charge in [0.1, 0.15) is 0 Å². The monoisotopic (exact) mass is 292 g/mol. The molecular weight excluding hydrogens is 269 g/mol. The molecule has 6 heteroatoms. The number of nitrogens with zero attached hydrogens (tertiary/aromatic N) is 1. The van der Waals surface area contributed by atoms with Gasteiger partial charge >= 0.3 is 6.18 Å². The summed E-state index contributed by atoms with van der Waals surface area (Å²) in [6, 6.07) is 0. The van der Waals surface area contributed by atoms with Gasteiger partial charge in [-0.1, -0.05) is 6.42 Å². The topological polar surface area (TPSA) is 46.3 Å². The zero-order valence-electron chi connectivity index (χ0n) is 11.7. The van der Waals surface area contributed by atoms with E-state index in [0.717, 1.165) is 12.8 Å². The van der Waals surface area contributed by atoms with Crippen LogP contribution in [0, 0.1) is 17.8 Å². The van der Waals surface area contributed by atoms with Gasteiger partial charge in [-0.2, -0.15) is 13.2 Å². The lowest BCUT2D eigenvalue weighted by molar-refractivity contribution is -0.187. The SMILES string of the molecule is NCC1CCCN(C(=O)C2CCCC(C(F)(F)F)C2)C1. The Bertz CT molecular complexity index is 346. The van der Waals surface area contributed by atoms with Gasteiger partial charge in [-0.25, -0.2) is 0 Å². The first-order chi connectivity index (χ1) is 9.41. The van der Waals surface area contributed by atoms with Gasteiger partial charge in [0.2, 0.25) is 5.91 Å². The Kier molecular flexibility index (Phi) is 4.94. The van der Waals surface area contributed by atoms with E-state index in [1.54, 1.807) is 4.90 Å². The molecule has 3 atom stereocenters. The molecule has 1 saturated carbocycles. The van der Waals surface area contributed by atoms with Crippen molar-refractivity contribution >= 4 is 5.91 Å². The maximum absolute atomic E-state index is 12.8. The number of piperidine rings is 1. The molecule has 1 amide bonds. The quantitative estimate of drug-likeness (QED) is 0.850. The third-order valence-electron chi connectivity index (χ3n) is 4.65. The molecule has 116 valence electrons. The molecule has 0 radical (unpaired) electrons. The molecule has 1 aliphatic heterocycles. The van der Waals surface area contributed by atoms with Crippen molar-refractivity contribution in [3.63, 3.8) is 0 Å². The van der Waals surface area contributed by atoms with Gasteiger partial charge < -0.3 is 10.6 Å². The van der Waals surface area contributed by atoms with Crippen LogP contribution in [0.2, 0.25) is 0 Å². The molecular formula is C14H23F3N2O. The number of likely N-dealkylation sites (tertiary alicyclic amines) is 1. The van der Waals surface area contributed by atoms with E-state index >= 15 is 0 Å². The van der Waals surface area contributed by atoms with E-state index in [4.69, 9.17) is 5.73 Å². The molecule has 2 fully saturated rings. The number of rotatable bonds is 2. The van der Waals surface area contributed by atoms with Crippen LogP contribution in [0.3, 0.4) is 0 Å². The summed E-state index contributed by atoms with van der Waals surface area (Å²) in [5, 5.41) is 0. The second-order valence-electron chi connectivity index (χ2n) is 6.13. The van der Waals surface area contributed by atoms with Crippen LogP contribution < -0.4 is 5.73 Å². The van der Waals surface area contributed by atoms with Crippen LogP contribution >= 0.6 is 0 Å². The molecule has 0 aromatic carbocycles. The second-order valence-corrected chi connectivity index (χ2v) is 6.13. The summed E-state index contributed by atoms with van der Waals surface area (Å²) in [7, 11) is 0. The number of carbonyl (C=O) groups is 1. The first-order valence-corrected chi connectivity index (χ1v) is 7.47. The Morgan fingerprint density at radius 1 is 1.20 bits per heavy atom. The van der Waals surface area contributed by atoms with E-state index in [2.05, 4.69) is 0 Å². The summed E-state index contributed by atoms with van der Waals surface area (Å²) in [6.45, 7) is 1.82. The third kappa shape index (κ3) is 3.65. The summed E-state index contributed by atoms with van der Waals surface area (Å²) >= 11 is 0. The number of carbonyl (C=O) groups excluding carboxylic acids is 1. The molecule has 20 heavy (non-hydrogen) atoms. The van der Waals surface area contributed by atoms with Crippen molar-refractivity contribution in [2.75, 3.05) is 19.6 Å². The smallest absolute Gasteiger partial charge is 0.342 e. The highest BCUT2D eigenvalue weighted by atomic mass is 19.4. The summed E-state index contributed by atoms with van der Waals surface area (Å²) in [5.74, 6) is -1.54. The molecule has 2 aliphatic rings. The minimum Gasteiger partial charge on any atom is -0.342 e. The van der Waals surface area contributed by atoms with Crippen LogP contribution in [0.25, 0.3) is 0 Å². The van der Waals surface area contributed by atoms with Crippen LogP contribution in [0.15, 0.2) is 0 Å². The zero-order valence-corrected chi connectivity index (χ0v) is 11.7. The predicted molar refractivity (Wildman–Crippen MR) is 69.9 cm³/mol. The average molecular weight is 292 g/mol. The van der Waals surface area contributed by atoms with Crippen molar-refractivity contribution in [1.29, 1.82) is 0 Å². The molecule has 0 bridgehead atoms. The van der Waals surface area contributed by atoms with E-state index in [1.807, 2.05) is 0 Å². The highest BCUT2D eigenvalue weighted by Crippen LogP contribution is 2.40. The second kappa shape index (κ2) is 6.33. The Morgan fingerprint density at radius 2 is 1.95 bits per heavy atom. The first kappa shape index (κ1) is 15.6. The van der Waals surface area contributed by atoms with Crippen LogP contribution in [0.1, 0.15) is 38.5 Å². The highest BCUT2D eigenvalue weighted by Gasteiger charge is 2.44. The number of alkyl halides is 3. The zero-order chi connectivity index (χ0) is 14.8.